The number of alkyl halides is 3. The van der Waals surface area contributed by atoms with Gasteiger partial charge in [-0.1, -0.05) is 68.8 Å². The molecule has 684 valence electrons. The number of pyridine rings is 1. The second-order valence-electron chi connectivity index (χ2n) is 35.8. The summed E-state index contributed by atoms with van der Waals surface area (Å²) in [5.74, 6) is 2.81. The lowest BCUT2D eigenvalue weighted by molar-refractivity contribution is -0.274. The van der Waals surface area contributed by atoms with Gasteiger partial charge in [0, 0.05) is 174 Å². The van der Waals surface area contributed by atoms with Gasteiger partial charge < -0.3 is 71.2 Å². The molecule has 4 saturated heterocycles. The van der Waals surface area contributed by atoms with Gasteiger partial charge in [0.15, 0.2) is 43.7 Å². The Hall–Kier alpha value is -13.5. The molecule has 24 nitrogen and oxygen atoms in total. The summed E-state index contributed by atoms with van der Waals surface area (Å²) in [5.41, 5.74) is 10.9. The van der Waals surface area contributed by atoms with Gasteiger partial charge in [0.1, 0.15) is 58.7 Å². The molecule has 12 aromatic rings. The first-order valence-corrected chi connectivity index (χ1v) is 46.5. The summed E-state index contributed by atoms with van der Waals surface area (Å²) in [7, 11) is -1.66. The zero-order valence-electron chi connectivity index (χ0n) is 74.7. The summed E-state index contributed by atoms with van der Waals surface area (Å²) in [6.45, 7) is 18.5. The van der Waals surface area contributed by atoms with Gasteiger partial charge in [0.25, 0.3) is 23.6 Å². The van der Waals surface area contributed by atoms with E-state index in [-0.39, 0.29) is 60.3 Å². The van der Waals surface area contributed by atoms with Crippen LogP contribution in [0.5, 0.6) is 46.0 Å². The average molecular weight is 1830 g/mol. The maximum absolute atomic E-state index is 13.8. The Labute approximate surface area is 768 Å². The summed E-state index contributed by atoms with van der Waals surface area (Å²) in [6, 6.07) is 62.0. The lowest BCUT2D eigenvalue weighted by atomic mass is 9.86. The number of halogens is 5. The Balaban J connectivity index is 0.000000123. The number of sulfone groups is 1. The van der Waals surface area contributed by atoms with Crippen molar-refractivity contribution >= 4 is 45.1 Å². The summed E-state index contributed by atoms with van der Waals surface area (Å²) in [4.78, 5) is 64.3. The van der Waals surface area contributed by atoms with E-state index in [2.05, 4.69) is 77.0 Å². The predicted octanol–water partition coefficient (Wildman–Crippen LogP) is 19.1. The van der Waals surface area contributed by atoms with E-state index in [0.717, 1.165) is 99.3 Å². The number of hydrogen-bond acceptors (Lipinski definition) is 16. The van der Waals surface area contributed by atoms with Crippen molar-refractivity contribution in [2.24, 2.45) is 0 Å². The van der Waals surface area contributed by atoms with Gasteiger partial charge in [0.2, 0.25) is 0 Å². The van der Waals surface area contributed by atoms with Crippen molar-refractivity contribution in [3.8, 4) is 74.8 Å². The number of aryl methyl sites for hydroxylation is 2. The van der Waals surface area contributed by atoms with E-state index in [4.69, 9.17) is 44.8 Å². The Morgan fingerprint density at radius 2 is 1.01 bits per heavy atom. The van der Waals surface area contributed by atoms with Crippen LogP contribution >= 0.6 is 11.6 Å². The van der Waals surface area contributed by atoms with Gasteiger partial charge in [-0.3, -0.25) is 28.7 Å². The molecule has 4 amide bonds. The largest absolute Gasteiger partial charge is 0.573 e. The first kappa shape index (κ1) is 90.5. The molecule has 5 aromatic heterocycles. The number of likely N-dealkylation sites (tertiary alicyclic amines) is 4. The lowest BCUT2D eigenvalue weighted by Gasteiger charge is -2.45. The van der Waals surface area contributed by atoms with Crippen LogP contribution in [0.4, 0.5) is 17.6 Å². The summed E-state index contributed by atoms with van der Waals surface area (Å²) < 4.78 is 130. The van der Waals surface area contributed by atoms with Crippen molar-refractivity contribution in [3.05, 3.63) is 303 Å². The normalized spacial score (nSPS) is 16.5. The van der Waals surface area contributed by atoms with Crippen molar-refractivity contribution in [1.82, 2.24) is 42.9 Å². The van der Waals surface area contributed by atoms with Gasteiger partial charge in [-0.25, -0.2) is 12.8 Å². The number of methoxy groups -OCH3 is 1. The van der Waals surface area contributed by atoms with Crippen LogP contribution in [0, 0.1) is 31.0 Å². The van der Waals surface area contributed by atoms with Crippen LogP contribution < -0.4 is 37.9 Å². The quantitative estimate of drug-likeness (QED) is 0.103. The maximum Gasteiger partial charge on any atom is 0.573 e. The minimum absolute atomic E-state index is 0.00267. The zero-order valence-corrected chi connectivity index (χ0v) is 76.2. The van der Waals surface area contributed by atoms with E-state index in [1.165, 1.54) is 53.6 Å². The van der Waals surface area contributed by atoms with E-state index >= 15 is 0 Å². The summed E-state index contributed by atoms with van der Waals surface area (Å²) >= 11 is 6.23. The highest BCUT2D eigenvalue weighted by Crippen LogP contribution is 2.52. The first-order chi connectivity index (χ1) is 63.1. The Kier molecular flexibility index (Phi) is 24.7. The molecule has 0 radical (unpaired) electrons. The first-order valence-electron chi connectivity index (χ1n) is 44.1. The van der Waals surface area contributed by atoms with Crippen molar-refractivity contribution in [2.75, 3.05) is 78.1 Å². The minimum Gasteiger partial charge on any atom is -0.493 e. The van der Waals surface area contributed by atoms with E-state index in [1.54, 1.807) is 30.5 Å². The highest BCUT2D eigenvalue weighted by atomic mass is 35.5. The van der Waals surface area contributed by atoms with Gasteiger partial charge in [-0.15, -0.1) is 13.2 Å². The monoisotopic (exact) mass is 1830 g/mol. The maximum atomic E-state index is 13.8. The van der Waals surface area contributed by atoms with Gasteiger partial charge >= 0.3 is 6.36 Å². The topological polar surface area (TPSA) is 246 Å². The van der Waals surface area contributed by atoms with E-state index in [1.807, 2.05) is 178 Å². The van der Waals surface area contributed by atoms with E-state index in [9.17, 15) is 50.4 Å². The van der Waals surface area contributed by atoms with Crippen LogP contribution in [0.1, 0.15) is 173 Å². The fraction of sp³-hybridized carbons (Fsp3) is 0.333. The van der Waals surface area contributed by atoms with Crippen LogP contribution in [0.25, 0.3) is 22.7 Å². The molecule has 30 heteroatoms. The zero-order chi connectivity index (χ0) is 93.0. The van der Waals surface area contributed by atoms with E-state index < -0.39 is 56.1 Å². The van der Waals surface area contributed by atoms with Crippen LogP contribution in [0.2, 0.25) is 5.02 Å². The van der Waals surface area contributed by atoms with Crippen molar-refractivity contribution in [1.29, 1.82) is 5.26 Å². The fourth-order valence-corrected chi connectivity index (χ4v) is 19.5. The highest BCUT2D eigenvalue weighted by molar-refractivity contribution is 7.90. The number of benzene rings is 7. The highest BCUT2D eigenvalue weighted by Gasteiger charge is 2.50. The number of hydrogen-bond donors (Lipinski definition) is 0. The van der Waals surface area contributed by atoms with Gasteiger partial charge in [-0.05, 0) is 190 Å². The molecule has 132 heavy (non-hydrogen) atoms. The summed E-state index contributed by atoms with van der Waals surface area (Å²) in [5, 5.41) is 10.3. The standard InChI is InChI=1S/C27H30N2O3.C26H27ClN2O6S.C26H26N4O2.C23H18F4N2O3/c1-18(2)31-23-10-9-21(16-20(23)4)26(30)28-13-11-27(12-14-28)25-15-19(3)17-29(25)22-7-5-6-8-24(22)32-27;1-33-23-16-18(5-8-21(23)34-14-15-36(2,31)32)25(30)28-12-9-26(10-13-28)24-4-3-11-29(24)20-7-6-19(27)17-22(20)35-26;1-25(2,3)22-10-8-18(17-28-22)24(31)29-14-12-26(13-15-29)23-11-9-19(16-27)30(23)20-6-4-5-7-21(20)32-26;24-15-7-8-17-19(14-15)31-22(20-6-3-11-29(17)20)9-12-28(13-10-22)21(30)16-4-1-2-5-18(16)32-23(25,26)27/h5-10,15-18H,11-14H2,1-4H3;3-8,11,16-17H,9-10,12-15H2,1-2H3;4-11,17H,12-15H2,1-3H3;1-8,11,14H,9-10,12-13H2. The number of carbonyl (C=O) groups excluding carboxylic acids is 4. The third-order valence-electron chi connectivity index (χ3n) is 25.6. The Morgan fingerprint density at radius 1 is 0.515 bits per heavy atom. The molecule has 20 rings (SSSR count). The smallest absolute Gasteiger partial charge is 0.493 e. The number of aromatic nitrogens is 5. The molecule has 0 bridgehead atoms. The van der Waals surface area contributed by atoms with Gasteiger partial charge in [-0.2, -0.15) is 5.26 Å². The van der Waals surface area contributed by atoms with Crippen molar-refractivity contribution < 1.29 is 83.1 Å². The third-order valence-corrected chi connectivity index (χ3v) is 26.7. The van der Waals surface area contributed by atoms with Crippen LogP contribution in [-0.4, -0.2) is 165 Å². The number of nitriles is 1. The van der Waals surface area contributed by atoms with Crippen LogP contribution in [-0.2, 0) is 37.7 Å². The molecule has 8 aliphatic rings. The second kappa shape index (κ2) is 36.0. The number of nitrogens with zero attached hydrogens (tertiary/aromatic N) is 10. The number of piperidine rings is 4. The molecule has 8 aliphatic heterocycles. The van der Waals surface area contributed by atoms with Gasteiger partial charge in [0.05, 0.1) is 75.6 Å². The molecule has 4 spiro atoms. The molecule has 0 aliphatic carbocycles. The Bertz CT molecular complexity index is 6550. The molecule has 7 aromatic carbocycles. The van der Waals surface area contributed by atoms with E-state index in [0.29, 0.717) is 122 Å². The molecule has 0 unspecified atom stereocenters. The molecule has 0 saturated carbocycles. The molecule has 4 fully saturated rings. The minimum atomic E-state index is -4.90. The summed E-state index contributed by atoms with van der Waals surface area (Å²) in [6.07, 6.45) is 9.07. The fourth-order valence-electron chi connectivity index (χ4n) is 18.9. The third kappa shape index (κ3) is 18.2. The van der Waals surface area contributed by atoms with Crippen molar-refractivity contribution in [3.63, 3.8) is 0 Å². The number of carbonyl (C=O) groups is 4. The molecule has 0 N–H and O–H groups in total. The van der Waals surface area contributed by atoms with Crippen LogP contribution in [0.15, 0.2) is 225 Å². The lowest BCUT2D eigenvalue weighted by Crippen LogP contribution is -2.50. The molecule has 0 atom stereocenters. The number of amides is 4. The number of rotatable bonds is 12. The molecule has 13 heterocycles. The Morgan fingerprint density at radius 3 is 1.55 bits per heavy atom. The van der Waals surface area contributed by atoms with Crippen molar-refractivity contribution in [2.45, 2.75) is 140 Å². The number of fused-ring (bicyclic) bond motifs is 16. The number of ether oxygens (including phenoxy) is 8. The average Bonchev–Trinajstić information content (AvgIpc) is 1.50. The SMILES string of the molecule is CC(C)(C)c1ccc(C(=O)N2CCC3(CC2)Oc2ccccc2-n2c(C#N)ccc23)cn1.COc1cc(C(=O)N2CCC3(CC2)Oc2cc(Cl)ccc2-n2cccc23)ccc1OCCS(C)(=O)=O.Cc1cc2n(c1)-c1ccccc1OC21CCN(C(=O)c2ccc(OC(C)C)c(C)c2)CC1.O=C(c1ccccc1OC(F)(F)F)N1CCC2(CC1)Oc1cc(F)ccc1-n1cccc12. The predicted molar refractivity (Wildman–Crippen MR) is 488 cm³/mol. The molecular weight excluding hydrogens is 1730 g/mol. The molecular formula is C102H101ClF4N10O14S. The van der Waals surface area contributed by atoms with Crippen LogP contribution in [0.3, 0.4) is 0 Å². The number of para-hydroxylation sites is 5. The second-order valence-corrected chi connectivity index (χ2v) is 38.5.